The summed E-state index contributed by atoms with van der Waals surface area (Å²) in [6.45, 7) is 3.41. The highest BCUT2D eigenvalue weighted by Crippen LogP contribution is 2.28. The molecule has 0 unspecified atom stereocenters. The van der Waals surface area contributed by atoms with Crippen molar-refractivity contribution in [2.24, 2.45) is 5.92 Å². The highest BCUT2D eigenvalue weighted by atomic mass is 16.5. The third-order valence-corrected chi connectivity index (χ3v) is 4.06. The van der Waals surface area contributed by atoms with Gasteiger partial charge in [0.05, 0.1) is 19.6 Å². The van der Waals surface area contributed by atoms with Crippen molar-refractivity contribution in [2.75, 3.05) is 26.8 Å². The molecule has 2 rings (SSSR count). The number of hydrogen-bond donors (Lipinski definition) is 1. The molecule has 0 bridgehead atoms. The van der Waals surface area contributed by atoms with Crippen molar-refractivity contribution in [3.8, 4) is 11.5 Å². The van der Waals surface area contributed by atoms with E-state index in [1.165, 1.54) is 6.08 Å². The van der Waals surface area contributed by atoms with Gasteiger partial charge in [-0.25, -0.2) is 0 Å². The monoisotopic (exact) mass is 333 g/mol. The average molecular weight is 333 g/mol. The van der Waals surface area contributed by atoms with E-state index in [0.717, 1.165) is 5.56 Å². The average Bonchev–Trinajstić information content (AvgIpc) is 2.60. The third kappa shape index (κ3) is 4.50. The van der Waals surface area contributed by atoms with Crippen molar-refractivity contribution >= 4 is 18.0 Å². The molecule has 1 heterocycles. The summed E-state index contributed by atoms with van der Waals surface area (Å²) in [5, 5.41) is 8.99. The van der Waals surface area contributed by atoms with E-state index in [0.29, 0.717) is 44.0 Å². The first-order chi connectivity index (χ1) is 11.5. The van der Waals surface area contributed by atoms with Gasteiger partial charge in [0.1, 0.15) is 0 Å². The summed E-state index contributed by atoms with van der Waals surface area (Å²) in [6.07, 6.45) is 4.25. The van der Waals surface area contributed by atoms with E-state index in [1.54, 1.807) is 18.1 Å². The number of nitrogens with zero attached hydrogens (tertiary/aromatic N) is 1. The van der Waals surface area contributed by atoms with E-state index < -0.39 is 5.97 Å². The number of carbonyl (C=O) groups is 2. The number of piperidine rings is 1. The number of benzene rings is 1. The molecule has 0 spiro atoms. The first-order valence-corrected chi connectivity index (χ1v) is 8.05. The lowest BCUT2D eigenvalue weighted by molar-refractivity contribution is -0.144. The lowest BCUT2D eigenvalue weighted by Gasteiger charge is -2.29. The van der Waals surface area contributed by atoms with E-state index in [1.807, 2.05) is 25.1 Å². The Balaban J connectivity index is 1.98. The van der Waals surface area contributed by atoms with Gasteiger partial charge >= 0.3 is 5.97 Å². The predicted octanol–water partition coefficient (Wildman–Crippen LogP) is 2.43. The minimum absolute atomic E-state index is 0.105. The van der Waals surface area contributed by atoms with Gasteiger partial charge in [0.25, 0.3) is 0 Å². The Morgan fingerprint density at radius 1 is 1.29 bits per heavy atom. The van der Waals surface area contributed by atoms with Gasteiger partial charge in [0.15, 0.2) is 11.5 Å². The molecule has 1 N–H and O–H groups in total. The first kappa shape index (κ1) is 17.8. The van der Waals surface area contributed by atoms with Crippen LogP contribution in [0.3, 0.4) is 0 Å². The number of carboxylic acids is 1. The second kappa shape index (κ2) is 8.38. The van der Waals surface area contributed by atoms with E-state index in [4.69, 9.17) is 14.6 Å². The van der Waals surface area contributed by atoms with Gasteiger partial charge in [0.2, 0.25) is 5.91 Å². The number of ether oxygens (including phenoxy) is 2. The van der Waals surface area contributed by atoms with Crippen LogP contribution in [0.25, 0.3) is 6.08 Å². The molecule has 24 heavy (non-hydrogen) atoms. The van der Waals surface area contributed by atoms with Gasteiger partial charge in [-0.1, -0.05) is 6.07 Å². The van der Waals surface area contributed by atoms with Crippen molar-refractivity contribution in [2.45, 2.75) is 19.8 Å². The molecule has 0 saturated carbocycles. The lowest BCUT2D eigenvalue weighted by atomic mass is 9.97. The topological polar surface area (TPSA) is 76.1 Å². The highest BCUT2D eigenvalue weighted by Gasteiger charge is 2.25. The minimum Gasteiger partial charge on any atom is -0.493 e. The number of aliphatic carboxylic acids is 1. The number of hydrogen-bond acceptors (Lipinski definition) is 4. The van der Waals surface area contributed by atoms with Crippen LogP contribution in [0.2, 0.25) is 0 Å². The van der Waals surface area contributed by atoms with Crippen LogP contribution in [0.4, 0.5) is 0 Å². The lowest BCUT2D eigenvalue weighted by Crippen LogP contribution is -2.39. The maximum absolute atomic E-state index is 12.2. The Morgan fingerprint density at radius 3 is 2.58 bits per heavy atom. The van der Waals surface area contributed by atoms with Gasteiger partial charge in [-0.05, 0) is 43.5 Å². The van der Waals surface area contributed by atoms with E-state index >= 15 is 0 Å². The molecule has 0 atom stereocenters. The molecule has 0 aliphatic carbocycles. The summed E-state index contributed by atoms with van der Waals surface area (Å²) >= 11 is 0. The third-order valence-electron chi connectivity index (χ3n) is 4.06. The van der Waals surface area contributed by atoms with Crippen LogP contribution in [0.15, 0.2) is 24.3 Å². The second-order valence-electron chi connectivity index (χ2n) is 5.61. The molecule has 1 aliphatic heterocycles. The van der Waals surface area contributed by atoms with Crippen molar-refractivity contribution in [3.63, 3.8) is 0 Å². The molecular weight excluding hydrogens is 310 g/mol. The van der Waals surface area contributed by atoms with Gasteiger partial charge in [-0.2, -0.15) is 0 Å². The molecule has 6 heteroatoms. The largest absolute Gasteiger partial charge is 0.493 e. The zero-order valence-corrected chi connectivity index (χ0v) is 14.0. The SMILES string of the molecule is CCOc1ccc(/C=C/C(=O)N2CCC(C(=O)O)CC2)cc1OC. The second-order valence-corrected chi connectivity index (χ2v) is 5.61. The molecule has 1 amide bonds. The number of rotatable bonds is 6. The maximum Gasteiger partial charge on any atom is 0.306 e. The molecule has 0 aromatic heterocycles. The quantitative estimate of drug-likeness (QED) is 0.809. The summed E-state index contributed by atoms with van der Waals surface area (Å²) in [5.41, 5.74) is 0.837. The molecule has 1 saturated heterocycles. The van der Waals surface area contributed by atoms with Gasteiger partial charge in [0, 0.05) is 19.2 Å². The number of likely N-dealkylation sites (tertiary alicyclic amines) is 1. The summed E-state index contributed by atoms with van der Waals surface area (Å²) in [5.74, 6) is 0.0622. The Morgan fingerprint density at radius 2 is 2.00 bits per heavy atom. The van der Waals surface area contributed by atoms with Gasteiger partial charge in [-0.3, -0.25) is 9.59 Å². The van der Waals surface area contributed by atoms with Gasteiger partial charge in [-0.15, -0.1) is 0 Å². The fourth-order valence-corrected chi connectivity index (χ4v) is 2.68. The summed E-state index contributed by atoms with van der Waals surface area (Å²) < 4.78 is 10.7. The molecule has 1 aromatic carbocycles. The molecule has 1 fully saturated rings. The molecule has 1 aliphatic rings. The fourth-order valence-electron chi connectivity index (χ4n) is 2.68. The van der Waals surface area contributed by atoms with E-state index in [-0.39, 0.29) is 11.8 Å². The normalized spacial score (nSPS) is 15.5. The van der Waals surface area contributed by atoms with Crippen LogP contribution < -0.4 is 9.47 Å². The predicted molar refractivity (Wildman–Crippen MR) is 90.1 cm³/mol. The Hall–Kier alpha value is -2.50. The summed E-state index contributed by atoms with van der Waals surface area (Å²) in [6, 6.07) is 5.48. The number of methoxy groups -OCH3 is 1. The first-order valence-electron chi connectivity index (χ1n) is 8.05. The molecular formula is C18H23NO5. The van der Waals surface area contributed by atoms with Crippen molar-refractivity contribution in [1.29, 1.82) is 0 Å². The van der Waals surface area contributed by atoms with E-state index in [9.17, 15) is 9.59 Å². The standard InChI is InChI=1S/C18H23NO5/c1-3-24-15-6-4-13(12-16(15)23-2)5-7-17(20)19-10-8-14(9-11-19)18(21)22/h4-7,12,14H,3,8-11H2,1-2H3,(H,21,22)/b7-5+. The Labute approximate surface area is 141 Å². The van der Waals surface area contributed by atoms with E-state index in [2.05, 4.69) is 0 Å². The fraction of sp³-hybridized carbons (Fsp3) is 0.444. The molecule has 0 radical (unpaired) electrons. The van der Waals surface area contributed by atoms with Crippen molar-refractivity contribution < 1.29 is 24.2 Å². The number of carbonyl (C=O) groups excluding carboxylic acids is 1. The van der Waals surface area contributed by atoms with Crippen LogP contribution in [-0.2, 0) is 9.59 Å². The van der Waals surface area contributed by atoms with Crippen molar-refractivity contribution in [3.05, 3.63) is 29.8 Å². The zero-order valence-electron chi connectivity index (χ0n) is 14.0. The van der Waals surface area contributed by atoms with Crippen molar-refractivity contribution in [1.82, 2.24) is 4.90 Å². The Kier molecular flexibility index (Phi) is 6.23. The number of carboxylic acid groups (broad SMARTS) is 1. The van der Waals surface area contributed by atoms with Crippen LogP contribution in [0.5, 0.6) is 11.5 Å². The van der Waals surface area contributed by atoms with Crippen LogP contribution in [-0.4, -0.2) is 48.7 Å². The Bertz CT molecular complexity index is 618. The van der Waals surface area contributed by atoms with Crippen LogP contribution in [0.1, 0.15) is 25.3 Å². The maximum atomic E-state index is 12.2. The molecule has 6 nitrogen and oxygen atoms in total. The molecule has 1 aromatic rings. The summed E-state index contributed by atoms with van der Waals surface area (Å²) in [7, 11) is 1.57. The summed E-state index contributed by atoms with van der Waals surface area (Å²) in [4.78, 5) is 24.8. The minimum atomic E-state index is -0.779. The van der Waals surface area contributed by atoms with Crippen LogP contribution in [0, 0.1) is 5.92 Å². The van der Waals surface area contributed by atoms with Gasteiger partial charge < -0.3 is 19.5 Å². The molecule has 130 valence electrons. The number of amides is 1. The highest BCUT2D eigenvalue weighted by molar-refractivity contribution is 5.92. The van der Waals surface area contributed by atoms with Crippen LogP contribution >= 0.6 is 0 Å². The smallest absolute Gasteiger partial charge is 0.306 e. The zero-order chi connectivity index (χ0) is 17.5.